The second kappa shape index (κ2) is 6.66. The number of aryl methyl sites for hydroxylation is 1. The fourth-order valence-electron chi connectivity index (χ4n) is 1.98. The Kier molecular flexibility index (Phi) is 5.50. The molecule has 0 saturated heterocycles. The fraction of sp³-hybridized carbons (Fsp3) is 0.571. The van der Waals surface area contributed by atoms with Gasteiger partial charge in [0.05, 0.1) is 0 Å². The maximum Gasteiger partial charge on any atom is 0.0354 e. The van der Waals surface area contributed by atoms with Crippen molar-refractivity contribution in [2.75, 3.05) is 27.7 Å². The molecular weight excluding hydrogens is 196 g/mol. The number of hydrogen-bond acceptors (Lipinski definition) is 2. The molecular formula is C14H24N2. The predicted octanol–water partition coefficient (Wildman–Crippen LogP) is 2.46. The summed E-state index contributed by atoms with van der Waals surface area (Å²) in [6.07, 6.45) is 2.26. The smallest absolute Gasteiger partial charge is 0.0354 e. The molecule has 90 valence electrons. The van der Waals surface area contributed by atoms with Gasteiger partial charge in [-0.2, -0.15) is 0 Å². The molecule has 0 radical (unpaired) electrons. The van der Waals surface area contributed by atoms with Crippen LogP contribution in [0.3, 0.4) is 0 Å². The van der Waals surface area contributed by atoms with Crippen LogP contribution in [0.4, 0.5) is 0 Å². The average Bonchev–Trinajstić information content (AvgIpc) is 2.30. The molecule has 0 aliphatic heterocycles. The molecule has 0 spiro atoms. The van der Waals surface area contributed by atoms with Crippen LogP contribution in [0.1, 0.15) is 30.5 Å². The molecule has 1 rings (SSSR count). The first-order valence-electron chi connectivity index (χ1n) is 6.09. The van der Waals surface area contributed by atoms with Crippen molar-refractivity contribution in [3.63, 3.8) is 0 Å². The molecule has 2 nitrogen and oxygen atoms in total. The van der Waals surface area contributed by atoms with Gasteiger partial charge in [0.15, 0.2) is 0 Å². The predicted molar refractivity (Wildman–Crippen MR) is 70.8 cm³/mol. The van der Waals surface area contributed by atoms with Crippen molar-refractivity contribution in [3.05, 3.63) is 35.4 Å². The van der Waals surface area contributed by atoms with Gasteiger partial charge in [-0.05, 0) is 51.7 Å². The van der Waals surface area contributed by atoms with E-state index in [9.17, 15) is 0 Å². The first kappa shape index (κ1) is 13.2. The lowest BCUT2D eigenvalue weighted by molar-refractivity contribution is 0.283. The number of hydrogen-bond donors (Lipinski definition) is 1. The third kappa shape index (κ3) is 3.62. The second-order valence-corrected chi connectivity index (χ2v) is 4.47. The Balaban J connectivity index is 2.75. The maximum absolute atomic E-state index is 3.22. The highest BCUT2D eigenvalue weighted by atomic mass is 15.1. The minimum Gasteiger partial charge on any atom is -0.320 e. The molecule has 1 aromatic carbocycles. The van der Waals surface area contributed by atoms with E-state index in [2.05, 4.69) is 55.5 Å². The summed E-state index contributed by atoms with van der Waals surface area (Å²) in [5.41, 5.74) is 2.83. The van der Waals surface area contributed by atoms with Crippen LogP contribution in [0.25, 0.3) is 0 Å². The highest BCUT2D eigenvalue weighted by molar-refractivity contribution is 5.25. The van der Waals surface area contributed by atoms with Crippen LogP contribution in [0.2, 0.25) is 0 Å². The van der Waals surface area contributed by atoms with Gasteiger partial charge in [0.25, 0.3) is 0 Å². The van der Waals surface area contributed by atoms with E-state index < -0.39 is 0 Å². The summed E-state index contributed by atoms with van der Waals surface area (Å²) >= 11 is 0. The molecule has 0 aliphatic carbocycles. The highest BCUT2D eigenvalue weighted by Gasteiger charge is 2.12. The first-order chi connectivity index (χ1) is 7.69. The van der Waals surface area contributed by atoms with Crippen LogP contribution in [-0.2, 0) is 6.42 Å². The Morgan fingerprint density at radius 2 is 1.81 bits per heavy atom. The van der Waals surface area contributed by atoms with E-state index in [0.717, 1.165) is 19.4 Å². The van der Waals surface area contributed by atoms with Crippen molar-refractivity contribution in [2.45, 2.75) is 25.8 Å². The van der Waals surface area contributed by atoms with Crippen molar-refractivity contribution >= 4 is 0 Å². The van der Waals surface area contributed by atoms with Crippen LogP contribution >= 0.6 is 0 Å². The lowest BCUT2D eigenvalue weighted by Crippen LogP contribution is -2.23. The zero-order valence-corrected chi connectivity index (χ0v) is 11.0. The van der Waals surface area contributed by atoms with E-state index in [0.29, 0.717) is 6.04 Å². The van der Waals surface area contributed by atoms with Gasteiger partial charge in [0, 0.05) is 6.04 Å². The Hall–Kier alpha value is -0.860. The monoisotopic (exact) mass is 220 g/mol. The average molecular weight is 220 g/mol. The van der Waals surface area contributed by atoms with Crippen molar-refractivity contribution in [1.29, 1.82) is 0 Å². The SMILES string of the molecule is CCc1ccc(C(CCNC)N(C)C)cc1. The van der Waals surface area contributed by atoms with Crippen molar-refractivity contribution in [2.24, 2.45) is 0 Å². The minimum atomic E-state index is 0.512. The summed E-state index contributed by atoms with van der Waals surface area (Å²) in [4.78, 5) is 2.29. The van der Waals surface area contributed by atoms with Crippen LogP contribution < -0.4 is 5.32 Å². The maximum atomic E-state index is 3.22. The molecule has 1 atom stereocenters. The lowest BCUT2D eigenvalue weighted by atomic mass is 10.0. The summed E-state index contributed by atoms with van der Waals surface area (Å²) in [7, 11) is 6.30. The Bertz CT molecular complexity index is 290. The van der Waals surface area contributed by atoms with Gasteiger partial charge in [0.1, 0.15) is 0 Å². The summed E-state index contributed by atoms with van der Waals surface area (Å²) in [5.74, 6) is 0. The van der Waals surface area contributed by atoms with Crippen LogP contribution in [0.5, 0.6) is 0 Å². The summed E-state index contributed by atoms with van der Waals surface area (Å²) in [6, 6.07) is 9.52. The fourth-order valence-corrected chi connectivity index (χ4v) is 1.98. The van der Waals surface area contributed by atoms with E-state index in [4.69, 9.17) is 0 Å². The summed E-state index contributed by atoms with van der Waals surface area (Å²) < 4.78 is 0. The highest BCUT2D eigenvalue weighted by Crippen LogP contribution is 2.21. The first-order valence-corrected chi connectivity index (χ1v) is 6.09. The van der Waals surface area contributed by atoms with Gasteiger partial charge in [-0.3, -0.25) is 0 Å². The summed E-state index contributed by atoms with van der Waals surface area (Å²) in [5, 5.41) is 3.22. The van der Waals surface area contributed by atoms with Crippen molar-refractivity contribution in [3.8, 4) is 0 Å². The number of nitrogens with zero attached hydrogens (tertiary/aromatic N) is 1. The van der Waals surface area contributed by atoms with E-state index in [1.165, 1.54) is 11.1 Å². The van der Waals surface area contributed by atoms with Gasteiger partial charge < -0.3 is 10.2 Å². The van der Waals surface area contributed by atoms with Gasteiger partial charge in [-0.15, -0.1) is 0 Å². The number of nitrogens with one attached hydrogen (secondary N) is 1. The van der Waals surface area contributed by atoms with Crippen LogP contribution in [-0.4, -0.2) is 32.6 Å². The van der Waals surface area contributed by atoms with Crippen LogP contribution in [0, 0.1) is 0 Å². The van der Waals surface area contributed by atoms with Gasteiger partial charge in [-0.25, -0.2) is 0 Å². The molecule has 0 aliphatic rings. The molecule has 0 amide bonds. The van der Waals surface area contributed by atoms with Crippen molar-refractivity contribution < 1.29 is 0 Å². The van der Waals surface area contributed by atoms with Crippen molar-refractivity contribution in [1.82, 2.24) is 10.2 Å². The molecule has 1 N–H and O–H groups in total. The number of benzene rings is 1. The van der Waals surface area contributed by atoms with E-state index in [1.54, 1.807) is 0 Å². The van der Waals surface area contributed by atoms with Gasteiger partial charge in [0.2, 0.25) is 0 Å². The largest absolute Gasteiger partial charge is 0.320 e. The molecule has 0 bridgehead atoms. The number of rotatable bonds is 6. The lowest BCUT2D eigenvalue weighted by Gasteiger charge is -2.25. The zero-order valence-electron chi connectivity index (χ0n) is 11.0. The normalized spacial score (nSPS) is 13.1. The Morgan fingerprint density at radius 1 is 1.19 bits per heavy atom. The molecule has 16 heavy (non-hydrogen) atoms. The minimum absolute atomic E-state index is 0.512. The molecule has 0 aromatic heterocycles. The van der Waals surface area contributed by atoms with E-state index in [1.807, 2.05) is 7.05 Å². The third-order valence-electron chi connectivity index (χ3n) is 3.06. The van der Waals surface area contributed by atoms with Crippen LogP contribution in [0.15, 0.2) is 24.3 Å². The van der Waals surface area contributed by atoms with Gasteiger partial charge >= 0.3 is 0 Å². The second-order valence-electron chi connectivity index (χ2n) is 4.47. The Labute approximate surface area is 99.7 Å². The molecule has 1 unspecified atom stereocenters. The van der Waals surface area contributed by atoms with E-state index >= 15 is 0 Å². The van der Waals surface area contributed by atoms with Gasteiger partial charge in [-0.1, -0.05) is 31.2 Å². The standard InChI is InChI=1S/C14H24N2/c1-5-12-6-8-13(9-7-12)14(16(3)4)10-11-15-2/h6-9,14-15H,5,10-11H2,1-4H3. The topological polar surface area (TPSA) is 15.3 Å². The summed E-state index contributed by atoms with van der Waals surface area (Å²) in [6.45, 7) is 3.25. The quantitative estimate of drug-likeness (QED) is 0.792. The third-order valence-corrected chi connectivity index (χ3v) is 3.06. The molecule has 1 aromatic rings. The molecule has 2 heteroatoms. The Morgan fingerprint density at radius 3 is 2.25 bits per heavy atom. The molecule has 0 saturated carbocycles. The molecule has 0 fully saturated rings. The zero-order chi connectivity index (χ0) is 12.0. The molecule has 0 heterocycles. The van der Waals surface area contributed by atoms with E-state index in [-0.39, 0.29) is 0 Å².